The highest BCUT2D eigenvalue weighted by Crippen LogP contribution is 2.32. The van der Waals surface area contributed by atoms with E-state index in [1.807, 2.05) is 0 Å². The monoisotopic (exact) mass is 476 g/mol. The van der Waals surface area contributed by atoms with Gasteiger partial charge >= 0.3 is 4.94 Å². The SMILES string of the molecule is Cc1ccccc1C(=O)N(c1ccc2oc(=O)sc2c1)S(=O)(=O)c1cccc2cccnc12. The lowest BCUT2D eigenvalue weighted by Crippen LogP contribution is -2.37. The first-order valence-electron chi connectivity index (χ1n) is 9.89. The highest BCUT2D eigenvalue weighted by Gasteiger charge is 2.34. The zero-order chi connectivity index (χ0) is 23.2. The van der Waals surface area contributed by atoms with Gasteiger partial charge in [-0.25, -0.2) is 13.2 Å². The molecule has 1 amide bonds. The summed E-state index contributed by atoms with van der Waals surface area (Å²) in [5.74, 6) is -0.712. The predicted octanol–water partition coefficient (Wildman–Crippen LogP) is 4.75. The molecule has 0 N–H and O–H groups in total. The molecule has 2 heterocycles. The fourth-order valence-corrected chi connectivity index (χ4v) is 5.93. The average Bonchev–Trinajstić information content (AvgIpc) is 3.18. The molecular formula is C24H16N2O5S2. The second kappa shape index (κ2) is 7.95. The number of anilines is 1. The van der Waals surface area contributed by atoms with Gasteiger partial charge in [-0.2, -0.15) is 4.31 Å². The number of amides is 1. The molecule has 0 fully saturated rings. The molecular weight excluding hydrogens is 460 g/mol. The molecule has 0 radical (unpaired) electrons. The van der Waals surface area contributed by atoms with Crippen LogP contribution in [-0.4, -0.2) is 19.3 Å². The van der Waals surface area contributed by atoms with Gasteiger partial charge in [-0.05, 0) is 48.9 Å². The lowest BCUT2D eigenvalue weighted by atomic mass is 10.1. The van der Waals surface area contributed by atoms with Crippen LogP contribution in [0.25, 0.3) is 21.2 Å². The summed E-state index contributed by atoms with van der Waals surface area (Å²) >= 11 is 0.836. The minimum absolute atomic E-state index is 0.0944. The normalized spacial score (nSPS) is 11.7. The van der Waals surface area contributed by atoms with Crippen molar-refractivity contribution in [2.24, 2.45) is 0 Å². The van der Waals surface area contributed by atoms with E-state index in [0.29, 0.717) is 21.2 Å². The molecule has 0 atom stereocenters. The van der Waals surface area contributed by atoms with E-state index >= 15 is 0 Å². The van der Waals surface area contributed by atoms with Gasteiger partial charge in [0.15, 0.2) is 0 Å². The Labute approximate surface area is 192 Å². The summed E-state index contributed by atoms with van der Waals surface area (Å²) in [7, 11) is -4.39. The largest absolute Gasteiger partial charge is 0.414 e. The van der Waals surface area contributed by atoms with E-state index in [1.165, 1.54) is 30.5 Å². The van der Waals surface area contributed by atoms with Crippen molar-refractivity contribution >= 4 is 54.1 Å². The minimum atomic E-state index is -4.39. The van der Waals surface area contributed by atoms with Gasteiger partial charge in [0.2, 0.25) is 0 Å². The number of carbonyl (C=O) groups excluding carboxylic acids is 1. The van der Waals surface area contributed by atoms with Crippen LogP contribution in [0.15, 0.2) is 93.1 Å². The van der Waals surface area contributed by atoms with E-state index in [0.717, 1.165) is 15.6 Å². The standard InChI is InChI=1S/C24H16N2O5S2/c1-15-6-2-3-9-18(15)23(27)26(17-11-12-19-20(14-17)32-24(28)31-19)33(29,30)21-10-4-7-16-8-5-13-25-22(16)21/h2-14H,1H3. The summed E-state index contributed by atoms with van der Waals surface area (Å²) in [6, 6.07) is 19.4. The molecule has 7 nitrogen and oxygen atoms in total. The second-order valence-electron chi connectivity index (χ2n) is 7.31. The van der Waals surface area contributed by atoms with Crippen LogP contribution >= 0.6 is 11.3 Å². The molecule has 164 valence electrons. The molecule has 0 spiro atoms. The molecule has 0 unspecified atom stereocenters. The first-order chi connectivity index (χ1) is 15.9. The van der Waals surface area contributed by atoms with Gasteiger partial charge in [0.25, 0.3) is 15.9 Å². The fraction of sp³-hybridized carbons (Fsp3) is 0.0417. The number of aryl methyl sites for hydroxylation is 1. The molecule has 0 saturated heterocycles. The first-order valence-corrected chi connectivity index (χ1v) is 12.1. The predicted molar refractivity (Wildman–Crippen MR) is 127 cm³/mol. The summed E-state index contributed by atoms with van der Waals surface area (Å²) < 4.78 is 34.3. The number of nitrogens with zero attached hydrogens (tertiary/aromatic N) is 2. The van der Waals surface area contributed by atoms with Crippen molar-refractivity contribution in [3.8, 4) is 0 Å². The summed E-state index contributed by atoms with van der Waals surface area (Å²) in [6.45, 7) is 1.74. The van der Waals surface area contributed by atoms with Gasteiger partial charge in [0.1, 0.15) is 10.5 Å². The fourth-order valence-electron chi connectivity index (χ4n) is 3.66. The minimum Gasteiger partial charge on any atom is -0.414 e. The molecule has 5 aromatic rings. The molecule has 3 aromatic carbocycles. The molecule has 0 bridgehead atoms. The Bertz CT molecular complexity index is 1700. The average molecular weight is 477 g/mol. The number of pyridine rings is 1. The number of carbonyl (C=O) groups is 1. The molecule has 2 aromatic heterocycles. The van der Waals surface area contributed by atoms with E-state index in [9.17, 15) is 18.0 Å². The van der Waals surface area contributed by atoms with E-state index in [2.05, 4.69) is 4.98 Å². The van der Waals surface area contributed by atoms with Crippen LogP contribution in [0.3, 0.4) is 0 Å². The Morgan fingerprint density at radius 2 is 1.79 bits per heavy atom. The van der Waals surface area contributed by atoms with Crippen molar-refractivity contribution in [3.05, 3.63) is 99.9 Å². The third-order valence-electron chi connectivity index (χ3n) is 5.22. The third-order valence-corrected chi connectivity index (χ3v) is 7.75. The van der Waals surface area contributed by atoms with Gasteiger partial charge in [-0.15, -0.1) is 0 Å². The Morgan fingerprint density at radius 1 is 1.00 bits per heavy atom. The number of fused-ring (bicyclic) bond motifs is 2. The number of benzene rings is 3. The summed E-state index contributed by atoms with van der Waals surface area (Å²) in [4.78, 5) is 29.0. The van der Waals surface area contributed by atoms with Gasteiger partial charge < -0.3 is 4.42 Å². The maximum atomic E-state index is 14.0. The highest BCUT2D eigenvalue weighted by atomic mass is 32.2. The van der Waals surface area contributed by atoms with Gasteiger partial charge in [-0.3, -0.25) is 9.78 Å². The molecule has 9 heteroatoms. The van der Waals surface area contributed by atoms with Crippen LogP contribution in [0.2, 0.25) is 0 Å². The Morgan fingerprint density at radius 3 is 2.61 bits per heavy atom. The number of sulfonamides is 1. The molecule has 0 saturated carbocycles. The van der Waals surface area contributed by atoms with Gasteiger partial charge in [0.05, 0.1) is 15.9 Å². The molecule has 0 aliphatic heterocycles. The van der Waals surface area contributed by atoms with Crippen molar-refractivity contribution < 1.29 is 17.6 Å². The quantitative estimate of drug-likeness (QED) is 0.371. The zero-order valence-electron chi connectivity index (χ0n) is 17.3. The lowest BCUT2D eigenvalue weighted by molar-refractivity contribution is 0.100. The van der Waals surface area contributed by atoms with Crippen LogP contribution in [0.4, 0.5) is 5.69 Å². The van der Waals surface area contributed by atoms with E-state index in [4.69, 9.17) is 4.42 Å². The summed E-state index contributed by atoms with van der Waals surface area (Å²) in [5.41, 5.74) is 1.56. The Kier molecular flexibility index (Phi) is 5.07. The first kappa shape index (κ1) is 21.0. The van der Waals surface area contributed by atoms with Crippen LogP contribution in [-0.2, 0) is 10.0 Å². The maximum Gasteiger partial charge on any atom is 0.396 e. The van der Waals surface area contributed by atoms with Crippen LogP contribution in [0, 0.1) is 6.92 Å². The van der Waals surface area contributed by atoms with Crippen molar-refractivity contribution in [2.45, 2.75) is 11.8 Å². The number of para-hydroxylation sites is 1. The lowest BCUT2D eigenvalue weighted by Gasteiger charge is -2.24. The molecule has 5 rings (SSSR count). The number of hydrogen-bond acceptors (Lipinski definition) is 7. The molecule has 33 heavy (non-hydrogen) atoms. The third kappa shape index (κ3) is 3.61. The van der Waals surface area contributed by atoms with Crippen molar-refractivity contribution in [3.63, 3.8) is 0 Å². The summed E-state index contributed by atoms with van der Waals surface area (Å²) in [5, 5.41) is 0.630. The van der Waals surface area contributed by atoms with Crippen LogP contribution < -0.4 is 9.24 Å². The van der Waals surface area contributed by atoms with Crippen molar-refractivity contribution in [1.82, 2.24) is 4.98 Å². The topological polar surface area (TPSA) is 97.5 Å². The Hall–Kier alpha value is -3.82. The van der Waals surface area contributed by atoms with Crippen LogP contribution in [0.1, 0.15) is 15.9 Å². The highest BCUT2D eigenvalue weighted by molar-refractivity contribution is 7.93. The van der Waals surface area contributed by atoms with E-state index < -0.39 is 20.9 Å². The van der Waals surface area contributed by atoms with Crippen molar-refractivity contribution in [1.29, 1.82) is 0 Å². The molecule has 0 aliphatic carbocycles. The van der Waals surface area contributed by atoms with E-state index in [-0.39, 0.29) is 21.7 Å². The van der Waals surface area contributed by atoms with Crippen LogP contribution in [0.5, 0.6) is 0 Å². The maximum absolute atomic E-state index is 14.0. The smallest absolute Gasteiger partial charge is 0.396 e. The van der Waals surface area contributed by atoms with E-state index in [1.54, 1.807) is 55.5 Å². The zero-order valence-corrected chi connectivity index (χ0v) is 18.9. The van der Waals surface area contributed by atoms with Gasteiger partial charge in [-0.1, -0.05) is 47.7 Å². The number of hydrogen-bond donors (Lipinski definition) is 0. The number of aromatic nitrogens is 1. The Balaban J connectivity index is 1.78. The summed E-state index contributed by atoms with van der Waals surface area (Å²) in [6.07, 6.45) is 1.50. The second-order valence-corrected chi connectivity index (χ2v) is 10.0. The molecule has 0 aliphatic rings. The van der Waals surface area contributed by atoms with Crippen molar-refractivity contribution in [2.75, 3.05) is 4.31 Å². The number of rotatable bonds is 4. The van der Waals surface area contributed by atoms with Gasteiger partial charge in [0, 0.05) is 17.1 Å².